The van der Waals surface area contributed by atoms with Crippen LogP contribution in [0.4, 0.5) is 0 Å². The Hall–Kier alpha value is -0.650. The summed E-state index contributed by atoms with van der Waals surface area (Å²) in [5, 5.41) is 13.4. The number of aliphatic hydroxyl groups is 1. The van der Waals surface area contributed by atoms with E-state index in [0.29, 0.717) is 0 Å². The summed E-state index contributed by atoms with van der Waals surface area (Å²) in [5.41, 5.74) is 0. The van der Waals surface area contributed by atoms with Crippen LogP contribution in [0, 0.1) is 5.92 Å². The van der Waals surface area contributed by atoms with Crippen molar-refractivity contribution in [3.63, 3.8) is 0 Å². The summed E-state index contributed by atoms with van der Waals surface area (Å²) in [5.74, 6) is -0.0450. The van der Waals surface area contributed by atoms with E-state index < -0.39 is 6.10 Å². The number of rotatable bonds is 3. The maximum atomic E-state index is 11.4. The topological polar surface area (TPSA) is 61.8 Å². The molecule has 1 aliphatic heterocycles. The molecule has 0 aliphatic carbocycles. The Morgan fingerprint density at radius 3 is 2.53 bits per heavy atom. The van der Waals surface area contributed by atoms with Crippen molar-refractivity contribution >= 4 is 5.91 Å². The summed E-state index contributed by atoms with van der Waals surface area (Å²) < 4.78 is 5.89. The van der Waals surface area contributed by atoms with Gasteiger partial charge >= 0.3 is 0 Å². The smallest absolute Gasteiger partial charge is 0.219 e. The highest BCUT2D eigenvalue weighted by atomic mass is 16.5. The van der Waals surface area contributed by atoms with Crippen LogP contribution in [0.15, 0.2) is 0 Å². The average molecular weight is 244 g/mol. The lowest BCUT2D eigenvalue weighted by Gasteiger charge is -2.46. The lowest BCUT2D eigenvalue weighted by atomic mass is 9.86. The SMILES string of the molecule is CCC1OC(NC)C(N(C)C(C)=O)C(O)C1C. The van der Waals surface area contributed by atoms with Gasteiger partial charge in [-0.2, -0.15) is 0 Å². The Balaban J connectivity index is 2.90. The first-order valence-corrected chi connectivity index (χ1v) is 6.18. The van der Waals surface area contributed by atoms with E-state index in [4.69, 9.17) is 4.74 Å². The van der Waals surface area contributed by atoms with Crippen molar-refractivity contribution < 1.29 is 14.6 Å². The molecule has 1 fully saturated rings. The van der Waals surface area contributed by atoms with Crippen molar-refractivity contribution in [1.29, 1.82) is 0 Å². The fourth-order valence-corrected chi connectivity index (χ4v) is 2.45. The van der Waals surface area contributed by atoms with Gasteiger partial charge in [-0.05, 0) is 13.5 Å². The van der Waals surface area contributed by atoms with Crippen molar-refractivity contribution in [2.75, 3.05) is 14.1 Å². The minimum Gasteiger partial charge on any atom is -0.390 e. The van der Waals surface area contributed by atoms with Gasteiger partial charge in [0.2, 0.25) is 5.91 Å². The molecule has 1 amide bonds. The Labute approximate surface area is 103 Å². The van der Waals surface area contributed by atoms with E-state index in [1.165, 1.54) is 6.92 Å². The standard InChI is InChI=1S/C12H24N2O3/c1-6-9-7(2)11(16)10(12(13-4)17-9)14(5)8(3)15/h7,9-13,16H,6H2,1-5H3. The third-order valence-corrected chi connectivity index (χ3v) is 3.74. The van der Waals surface area contributed by atoms with Crippen molar-refractivity contribution in [3.8, 4) is 0 Å². The Morgan fingerprint density at radius 1 is 1.53 bits per heavy atom. The lowest BCUT2D eigenvalue weighted by Crippen LogP contribution is -2.64. The van der Waals surface area contributed by atoms with Gasteiger partial charge in [0.1, 0.15) is 6.23 Å². The number of hydrogen-bond acceptors (Lipinski definition) is 4. The molecule has 5 nitrogen and oxygen atoms in total. The number of amides is 1. The molecule has 5 unspecified atom stereocenters. The first-order chi connectivity index (χ1) is 7.93. The Kier molecular flexibility index (Phi) is 4.91. The molecule has 1 aliphatic rings. The molecule has 1 heterocycles. The summed E-state index contributed by atoms with van der Waals surface area (Å²) >= 11 is 0. The van der Waals surface area contributed by atoms with Crippen molar-refractivity contribution in [1.82, 2.24) is 10.2 Å². The minimum atomic E-state index is -0.569. The van der Waals surface area contributed by atoms with Crippen molar-refractivity contribution in [2.24, 2.45) is 5.92 Å². The molecule has 2 N–H and O–H groups in total. The molecule has 1 saturated heterocycles. The number of aliphatic hydroxyl groups excluding tert-OH is 1. The van der Waals surface area contributed by atoms with Gasteiger partial charge in [-0.15, -0.1) is 0 Å². The first kappa shape index (κ1) is 14.4. The lowest BCUT2D eigenvalue weighted by molar-refractivity contribution is -0.186. The zero-order valence-corrected chi connectivity index (χ0v) is 11.3. The Morgan fingerprint density at radius 2 is 2.12 bits per heavy atom. The van der Waals surface area contributed by atoms with Crippen LogP contribution in [0.25, 0.3) is 0 Å². The summed E-state index contributed by atoms with van der Waals surface area (Å²) in [4.78, 5) is 13.0. The molecule has 0 saturated carbocycles. The number of carbonyl (C=O) groups excluding carboxylic acids is 1. The monoisotopic (exact) mass is 244 g/mol. The molecule has 0 aromatic rings. The number of hydrogen-bond donors (Lipinski definition) is 2. The number of likely N-dealkylation sites (N-methyl/N-ethyl adjacent to an activating group) is 2. The van der Waals surface area contributed by atoms with E-state index in [9.17, 15) is 9.90 Å². The van der Waals surface area contributed by atoms with Gasteiger partial charge in [-0.1, -0.05) is 13.8 Å². The molecule has 5 heteroatoms. The zero-order valence-electron chi connectivity index (χ0n) is 11.3. The van der Waals surface area contributed by atoms with Gasteiger partial charge in [0.15, 0.2) is 0 Å². The minimum absolute atomic E-state index is 0.0244. The molecule has 0 radical (unpaired) electrons. The van der Waals surface area contributed by atoms with E-state index in [1.54, 1.807) is 19.0 Å². The van der Waals surface area contributed by atoms with Crippen LogP contribution in [0.5, 0.6) is 0 Å². The molecular weight excluding hydrogens is 220 g/mol. The van der Waals surface area contributed by atoms with E-state index in [1.807, 2.05) is 13.8 Å². The molecule has 0 bridgehead atoms. The predicted octanol–water partition coefficient (Wildman–Crippen LogP) is 0.185. The second-order valence-electron chi connectivity index (χ2n) is 4.76. The van der Waals surface area contributed by atoms with Crippen molar-refractivity contribution in [3.05, 3.63) is 0 Å². The first-order valence-electron chi connectivity index (χ1n) is 6.18. The van der Waals surface area contributed by atoms with Gasteiger partial charge in [0, 0.05) is 19.9 Å². The fourth-order valence-electron chi connectivity index (χ4n) is 2.45. The van der Waals surface area contributed by atoms with Gasteiger partial charge < -0.3 is 14.7 Å². The van der Waals surface area contributed by atoms with Gasteiger partial charge in [0.25, 0.3) is 0 Å². The summed E-state index contributed by atoms with van der Waals surface area (Å²) in [7, 11) is 3.48. The maximum Gasteiger partial charge on any atom is 0.219 e. The highest BCUT2D eigenvalue weighted by Crippen LogP contribution is 2.29. The van der Waals surface area contributed by atoms with E-state index in [-0.39, 0.29) is 30.2 Å². The van der Waals surface area contributed by atoms with E-state index in [2.05, 4.69) is 5.32 Å². The average Bonchev–Trinajstić information content (AvgIpc) is 2.31. The number of nitrogens with zero attached hydrogens (tertiary/aromatic N) is 1. The molecule has 17 heavy (non-hydrogen) atoms. The van der Waals surface area contributed by atoms with Crippen LogP contribution in [-0.2, 0) is 9.53 Å². The number of ether oxygens (including phenoxy) is 1. The Bertz CT molecular complexity index is 270. The molecule has 100 valence electrons. The predicted molar refractivity (Wildman–Crippen MR) is 65.4 cm³/mol. The third-order valence-electron chi connectivity index (χ3n) is 3.74. The van der Waals surface area contributed by atoms with Gasteiger partial charge in [-0.3, -0.25) is 10.1 Å². The molecule has 0 aromatic heterocycles. The van der Waals surface area contributed by atoms with Gasteiger partial charge in [-0.25, -0.2) is 0 Å². The molecule has 1 rings (SSSR count). The molecule has 0 spiro atoms. The van der Waals surface area contributed by atoms with E-state index >= 15 is 0 Å². The van der Waals surface area contributed by atoms with Crippen LogP contribution >= 0.6 is 0 Å². The zero-order chi connectivity index (χ0) is 13.2. The molecular formula is C12H24N2O3. The van der Waals surface area contributed by atoms with Crippen LogP contribution in [0.1, 0.15) is 27.2 Å². The van der Waals surface area contributed by atoms with Crippen LogP contribution in [0.3, 0.4) is 0 Å². The van der Waals surface area contributed by atoms with Crippen LogP contribution in [-0.4, -0.2) is 54.5 Å². The summed E-state index contributed by atoms with van der Waals surface area (Å²) in [6.07, 6.45) is -0.00781. The number of carbonyl (C=O) groups is 1. The summed E-state index contributed by atoms with van der Waals surface area (Å²) in [6, 6.07) is -0.338. The largest absolute Gasteiger partial charge is 0.390 e. The maximum absolute atomic E-state index is 11.4. The molecule has 0 aromatic carbocycles. The van der Waals surface area contributed by atoms with Crippen LogP contribution in [0.2, 0.25) is 0 Å². The summed E-state index contributed by atoms with van der Waals surface area (Å²) in [6.45, 7) is 5.50. The fraction of sp³-hybridized carbons (Fsp3) is 0.917. The highest BCUT2D eigenvalue weighted by Gasteiger charge is 2.44. The second kappa shape index (κ2) is 5.80. The molecule has 5 atom stereocenters. The third kappa shape index (κ3) is 2.78. The second-order valence-corrected chi connectivity index (χ2v) is 4.76. The highest BCUT2D eigenvalue weighted by molar-refractivity contribution is 5.73. The van der Waals surface area contributed by atoms with Gasteiger partial charge in [0.05, 0.1) is 18.2 Å². The number of nitrogens with one attached hydrogen (secondary N) is 1. The van der Waals surface area contributed by atoms with Crippen LogP contribution < -0.4 is 5.32 Å². The quantitative estimate of drug-likeness (QED) is 0.744. The van der Waals surface area contributed by atoms with E-state index in [0.717, 1.165) is 6.42 Å². The normalized spacial score (nSPS) is 37.9. The van der Waals surface area contributed by atoms with Crippen molar-refractivity contribution in [2.45, 2.75) is 51.7 Å².